The monoisotopic (exact) mass is 316 g/mol. The van der Waals surface area contributed by atoms with Crippen LogP contribution in [-0.4, -0.2) is 20.8 Å². The fourth-order valence-corrected chi connectivity index (χ4v) is 3.19. The highest BCUT2D eigenvalue weighted by Gasteiger charge is 2.11. The van der Waals surface area contributed by atoms with Crippen LogP contribution in [0.2, 0.25) is 0 Å². The van der Waals surface area contributed by atoms with Crippen molar-refractivity contribution in [1.82, 2.24) is 14.6 Å². The molecule has 106 valence electrons. The van der Waals surface area contributed by atoms with Gasteiger partial charge in [-0.2, -0.15) is 0 Å². The van der Waals surface area contributed by atoms with Crippen molar-refractivity contribution in [2.45, 2.75) is 13.5 Å². The van der Waals surface area contributed by atoms with E-state index in [-0.39, 0.29) is 0 Å². The second-order valence-corrected chi connectivity index (χ2v) is 6.09. The number of aryl methyl sites for hydroxylation is 1. The Morgan fingerprint density at radius 2 is 2.29 bits per heavy atom. The number of rotatable bonds is 5. The molecule has 3 aromatic heterocycles. The van der Waals surface area contributed by atoms with Crippen LogP contribution in [0.15, 0.2) is 41.0 Å². The van der Waals surface area contributed by atoms with Crippen molar-refractivity contribution in [3.63, 3.8) is 0 Å². The predicted octanol–water partition coefficient (Wildman–Crippen LogP) is 3.52. The normalized spacial score (nSPS) is 11.1. The Labute approximate surface area is 130 Å². The van der Waals surface area contributed by atoms with Crippen molar-refractivity contribution in [2.75, 3.05) is 0 Å². The van der Waals surface area contributed by atoms with Crippen molar-refractivity contribution < 1.29 is 4.84 Å². The van der Waals surface area contributed by atoms with Crippen LogP contribution in [0, 0.1) is 6.92 Å². The van der Waals surface area contributed by atoms with E-state index in [0.29, 0.717) is 6.61 Å². The molecule has 0 saturated carbocycles. The van der Waals surface area contributed by atoms with Gasteiger partial charge in [0.25, 0.3) is 0 Å². The predicted molar refractivity (Wildman–Crippen MR) is 84.6 cm³/mol. The van der Waals surface area contributed by atoms with Gasteiger partial charge >= 0.3 is 0 Å². The third kappa shape index (κ3) is 3.32. The fourth-order valence-electron chi connectivity index (χ4n) is 1.74. The lowest BCUT2D eigenvalue weighted by Gasteiger charge is -1.98. The molecule has 0 fully saturated rings. The molecular weight excluding hydrogens is 304 g/mol. The molecule has 3 heterocycles. The van der Waals surface area contributed by atoms with Crippen LogP contribution in [0.1, 0.15) is 16.1 Å². The Morgan fingerprint density at radius 1 is 1.33 bits per heavy atom. The molecule has 0 atom stereocenters. The van der Waals surface area contributed by atoms with Gasteiger partial charge in [-0.3, -0.25) is 4.98 Å². The van der Waals surface area contributed by atoms with Crippen LogP contribution >= 0.6 is 22.9 Å². The Balaban J connectivity index is 1.67. The highest BCUT2D eigenvalue weighted by molar-refractivity contribution is 7.14. The van der Waals surface area contributed by atoms with Gasteiger partial charge in [-0.25, -0.2) is 0 Å². The summed E-state index contributed by atoms with van der Waals surface area (Å²) in [6, 6.07) is 7.68. The third-order valence-electron chi connectivity index (χ3n) is 2.77. The van der Waals surface area contributed by atoms with Gasteiger partial charge in [0.1, 0.15) is 5.69 Å². The van der Waals surface area contributed by atoms with Crippen LogP contribution in [0.3, 0.4) is 0 Å². The molecule has 0 amide bonds. The van der Waals surface area contributed by atoms with Crippen LogP contribution in [0.4, 0.5) is 0 Å². The van der Waals surface area contributed by atoms with Crippen LogP contribution in [0.5, 0.6) is 0 Å². The standard InChI is InChI=1S/C14H12N4OS2/c1-10-13(17-18-21-10)14-11(5-7-20-14)8-16-19-9-12-4-2-3-6-15-12/h2-8H,9H2,1H3/b16-8-. The van der Waals surface area contributed by atoms with E-state index in [2.05, 4.69) is 19.7 Å². The van der Waals surface area contributed by atoms with Gasteiger partial charge in [-0.15, -0.1) is 16.4 Å². The maximum absolute atomic E-state index is 5.27. The molecule has 0 spiro atoms. The van der Waals surface area contributed by atoms with Gasteiger partial charge in [0.15, 0.2) is 6.61 Å². The molecule has 0 radical (unpaired) electrons. The van der Waals surface area contributed by atoms with Gasteiger partial charge in [0.05, 0.1) is 21.7 Å². The van der Waals surface area contributed by atoms with Gasteiger partial charge in [0, 0.05) is 11.8 Å². The Kier molecular flexibility index (Phi) is 4.32. The smallest absolute Gasteiger partial charge is 0.159 e. The lowest BCUT2D eigenvalue weighted by atomic mass is 10.2. The summed E-state index contributed by atoms with van der Waals surface area (Å²) in [6.07, 6.45) is 3.44. The van der Waals surface area contributed by atoms with E-state index in [4.69, 9.17) is 4.84 Å². The number of hydrogen-bond donors (Lipinski definition) is 0. The number of nitrogens with zero attached hydrogens (tertiary/aromatic N) is 4. The molecule has 21 heavy (non-hydrogen) atoms. The summed E-state index contributed by atoms with van der Waals surface area (Å²) in [6.45, 7) is 2.37. The minimum atomic E-state index is 0.355. The largest absolute Gasteiger partial charge is 0.389 e. The first-order chi connectivity index (χ1) is 10.3. The first-order valence-corrected chi connectivity index (χ1v) is 7.92. The van der Waals surface area contributed by atoms with E-state index in [1.165, 1.54) is 11.5 Å². The van der Waals surface area contributed by atoms with Gasteiger partial charge < -0.3 is 4.84 Å². The number of pyridine rings is 1. The number of hydrogen-bond acceptors (Lipinski definition) is 7. The van der Waals surface area contributed by atoms with Gasteiger partial charge in [-0.05, 0) is 42.0 Å². The summed E-state index contributed by atoms with van der Waals surface area (Å²) < 4.78 is 3.97. The molecule has 0 aliphatic heterocycles. The van der Waals surface area contributed by atoms with Crippen LogP contribution < -0.4 is 0 Å². The third-order valence-corrected chi connectivity index (χ3v) is 4.34. The van der Waals surface area contributed by atoms with E-state index in [9.17, 15) is 0 Å². The molecule has 0 unspecified atom stereocenters. The zero-order chi connectivity index (χ0) is 14.5. The van der Waals surface area contributed by atoms with Crippen molar-refractivity contribution >= 4 is 29.1 Å². The number of aromatic nitrogens is 3. The van der Waals surface area contributed by atoms with Gasteiger partial charge in [0.2, 0.25) is 0 Å². The summed E-state index contributed by atoms with van der Waals surface area (Å²) in [5.41, 5.74) is 2.75. The summed E-state index contributed by atoms with van der Waals surface area (Å²) in [4.78, 5) is 11.6. The maximum Gasteiger partial charge on any atom is 0.159 e. The Morgan fingerprint density at radius 3 is 3.05 bits per heavy atom. The van der Waals surface area contributed by atoms with E-state index < -0.39 is 0 Å². The van der Waals surface area contributed by atoms with Crippen molar-refractivity contribution in [3.8, 4) is 10.6 Å². The average Bonchev–Trinajstić information content (AvgIpc) is 3.13. The second-order valence-electron chi connectivity index (χ2n) is 4.21. The van der Waals surface area contributed by atoms with Crippen molar-refractivity contribution in [3.05, 3.63) is 52.0 Å². The van der Waals surface area contributed by atoms with E-state index >= 15 is 0 Å². The summed E-state index contributed by atoms with van der Waals surface area (Å²) >= 11 is 3.02. The highest BCUT2D eigenvalue weighted by atomic mass is 32.1. The molecule has 0 aliphatic rings. The Hall–Kier alpha value is -2.12. The Bertz CT molecular complexity index is 736. The molecule has 0 saturated heterocycles. The molecule has 5 nitrogen and oxygen atoms in total. The topological polar surface area (TPSA) is 60.3 Å². The maximum atomic E-state index is 5.27. The molecular formula is C14H12N4OS2. The quantitative estimate of drug-likeness (QED) is 0.534. The highest BCUT2D eigenvalue weighted by Crippen LogP contribution is 2.30. The second kappa shape index (κ2) is 6.55. The molecule has 0 N–H and O–H groups in total. The lowest BCUT2D eigenvalue weighted by molar-refractivity contribution is 0.129. The van der Waals surface area contributed by atoms with Crippen LogP contribution in [-0.2, 0) is 11.4 Å². The van der Waals surface area contributed by atoms with E-state index in [1.54, 1.807) is 23.7 Å². The summed E-state index contributed by atoms with van der Waals surface area (Å²) in [7, 11) is 0. The van der Waals surface area contributed by atoms with E-state index in [1.807, 2.05) is 36.6 Å². The molecule has 3 aromatic rings. The molecule has 7 heteroatoms. The first-order valence-electron chi connectivity index (χ1n) is 6.26. The van der Waals surface area contributed by atoms with Crippen molar-refractivity contribution in [2.24, 2.45) is 5.16 Å². The zero-order valence-corrected chi connectivity index (χ0v) is 12.9. The minimum Gasteiger partial charge on any atom is -0.389 e. The molecule has 3 rings (SSSR count). The van der Waals surface area contributed by atoms with E-state index in [0.717, 1.165) is 26.7 Å². The molecule has 0 aromatic carbocycles. The number of oxime groups is 1. The molecule has 0 aliphatic carbocycles. The van der Waals surface area contributed by atoms with Gasteiger partial charge in [-0.1, -0.05) is 15.7 Å². The summed E-state index contributed by atoms with van der Waals surface area (Å²) in [5.74, 6) is 0. The summed E-state index contributed by atoms with van der Waals surface area (Å²) in [5, 5.41) is 10.2. The first kappa shape index (κ1) is 13.8. The lowest BCUT2D eigenvalue weighted by Crippen LogP contribution is -1.91. The SMILES string of the molecule is Cc1snnc1-c1sccc1/C=N\OCc1ccccn1. The fraction of sp³-hybridized carbons (Fsp3) is 0.143. The average molecular weight is 316 g/mol. The minimum absolute atomic E-state index is 0.355. The van der Waals surface area contributed by atoms with Crippen molar-refractivity contribution in [1.29, 1.82) is 0 Å². The van der Waals surface area contributed by atoms with Crippen LogP contribution in [0.25, 0.3) is 10.6 Å². The zero-order valence-electron chi connectivity index (χ0n) is 11.3. The number of thiophene rings is 1. The molecule has 0 bridgehead atoms.